The van der Waals surface area contributed by atoms with Gasteiger partial charge < -0.3 is 16.0 Å². The highest BCUT2D eigenvalue weighted by atomic mass is 32.2. The summed E-state index contributed by atoms with van der Waals surface area (Å²) in [6, 6.07) is 35.2. The molecule has 5 aromatic rings. The Morgan fingerprint density at radius 2 is 1.30 bits per heavy atom. The number of nitro groups is 1. The fraction of sp³-hybridized carbons (Fsp3) is 0.0278. The summed E-state index contributed by atoms with van der Waals surface area (Å²) in [5, 5.41) is 23.8. The van der Waals surface area contributed by atoms with Crippen molar-refractivity contribution in [3.8, 4) is 0 Å². The smallest absolute Gasteiger partial charge is 0.272 e. The molecule has 0 bridgehead atoms. The summed E-state index contributed by atoms with van der Waals surface area (Å²) in [5.41, 5.74) is 2.08. The number of carbonyl (C=O) groups excluding carboxylic acids is 3. The lowest BCUT2D eigenvalue weighted by atomic mass is 10.1. The number of nitrogens with one attached hydrogen (secondary N) is 3. The number of benzene rings is 5. The third-order valence-electron chi connectivity index (χ3n) is 7.10. The summed E-state index contributed by atoms with van der Waals surface area (Å²) in [6.07, 6.45) is 1.41. The van der Waals surface area contributed by atoms with Gasteiger partial charge in [0, 0.05) is 34.0 Å². The largest absolute Gasteiger partial charge is 0.325 e. The van der Waals surface area contributed by atoms with E-state index in [0.717, 1.165) is 5.56 Å². The molecule has 0 saturated carbocycles. The number of nitro benzene ring substituents is 1. The first-order valence-corrected chi connectivity index (χ1v) is 17.3. The lowest BCUT2D eigenvalue weighted by molar-refractivity contribution is -0.384. The lowest BCUT2D eigenvalue weighted by Crippen LogP contribution is -2.30. The average molecular weight is 708 g/mol. The second kappa shape index (κ2) is 15.9. The van der Waals surface area contributed by atoms with Crippen LogP contribution in [0.2, 0.25) is 0 Å². The zero-order chi connectivity index (χ0) is 35.7. The molecule has 0 aromatic heterocycles. The van der Waals surface area contributed by atoms with Crippen LogP contribution in [-0.4, -0.2) is 31.1 Å². The molecule has 1 unspecified atom stereocenters. The van der Waals surface area contributed by atoms with Crippen LogP contribution in [-0.2, 0) is 19.6 Å². The van der Waals surface area contributed by atoms with Gasteiger partial charge in [0.15, 0.2) is 0 Å². The molecule has 5 N–H and O–H groups in total. The number of primary sulfonamides is 1. The third kappa shape index (κ3) is 9.50. The Labute approximate surface area is 291 Å². The van der Waals surface area contributed by atoms with Crippen molar-refractivity contribution in [3.63, 3.8) is 0 Å². The average Bonchev–Trinajstić information content (AvgIpc) is 3.11. The number of rotatable bonds is 12. The lowest BCUT2D eigenvalue weighted by Gasteiger charge is -2.18. The molecule has 0 aliphatic rings. The minimum atomic E-state index is -3.88. The second-order valence-electron chi connectivity index (χ2n) is 10.7. The quantitative estimate of drug-likeness (QED) is 0.0516. The molecule has 0 spiro atoms. The number of nitrogens with two attached hydrogens (primary N) is 1. The predicted molar refractivity (Wildman–Crippen MR) is 192 cm³/mol. The number of non-ortho nitro benzene ring substituents is 1. The van der Waals surface area contributed by atoms with Crippen molar-refractivity contribution in [3.05, 3.63) is 166 Å². The standard InChI is InChI=1S/C36H29N5O7S2/c37-50(47,48)31-21-15-28(16-22-31)39-36(44)33(25-7-3-1-4-8-25)49-30-19-13-27(14-20-30)38-35(43)32(40-34(42)26-9-5-2-6-10-26)23-24-11-17-29(18-12-24)41(45)46/h1-23,33H,(H,38,43)(H,39,44)(H,40,42)(H2,37,47,48)/b32-23-. The van der Waals surface area contributed by atoms with Crippen LogP contribution in [0.25, 0.3) is 6.08 Å². The molecule has 14 heteroatoms. The van der Waals surface area contributed by atoms with Gasteiger partial charge in [0.1, 0.15) is 10.9 Å². The van der Waals surface area contributed by atoms with E-state index in [1.807, 2.05) is 30.3 Å². The Hall–Kier alpha value is -6.09. The van der Waals surface area contributed by atoms with Gasteiger partial charge in [0.2, 0.25) is 15.9 Å². The van der Waals surface area contributed by atoms with E-state index in [4.69, 9.17) is 5.14 Å². The molecular formula is C36H29N5O7S2. The first kappa shape index (κ1) is 35.2. The number of carbonyl (C=O) groups is 3. The summed E-state index contributed by atoms with van der Waals surface area (Å²) >= 11 is 1.26. The van der Waals surface area contributed by atoms with Gasteiger partial charge in [0.05, 0.1) is 9.82 Å². The van der Waals surface area contributed by atoms with E-state index in [2.05, 4.69) is 16.0 Å². The summed E-state index contributed by atoms with van der Waals surface area (Å²) in [5.74, 6) is -1.51. The van der Waals surface area contributed by atoms with Gasteiger partial charge in [-0.25, -0.2) is 13.6 Å². The zero-order valence-electron chi connectivity index (χ0n) is 26.1. The third-order valence-corrected chi connectivity index (χ3v) is 9.30. The van der Waals surface area contributed by atoms with Crippen molar-refractivity contribution < 1.29 is 27.7 Å². The highest BCUT2D eigenvalue weighted by Gasteiger charge is 2.23. The van der Waals surface area contributed by atoms with E-state index < -0.39 is 32.0 Å². The molecule has 3 amide bonds. The molecular weight excluding hydrogens is 679 g/mol. The molecule has 5 aromatic carbocycles. The molecule has 12 nitrogen and oxygen atoms in total. The van der Waals surface area contributed by atoms with E-state index in [9.17, 15) is 32.9 Å². The maximum Gasteiger partial charge on any atom is 0.272 e. The number of hydrogen-bond acceptors (Lipinski definition) is 8. The van der Waals surface area contributed by atoms with Gasteiger partial charge in [-0.15, -0.1) is 11.8 Å². The molecule has 252 valence electrons. The first-order chi connectivity index (χ1) is 24.0. The number of nitrogens with zero attached hydrogens (tertiary/aromatic N) is 1. The molecule has 5 rings (SSSR count). The van der Waals surface area contributed by atoms with E-state index in [1.165, 1.54) is 66.4 Å². The molecule has 0 heterocycles. The van der Waals surface area contributed by atoms with E-state index in [0.29, 0.717) is 27.4 Å². The summed E-state index contributed by atoms with van der Waals surface area (Å²) < 4.78 is 23.2. The molecule has 1 atom stereocenters. The minimum Gasteiger partial charge on any atom is -0.325 e. The fourth-order valence-corrected chi connectivity index (χ4v) is 6.13. The molecule has 0 saturated heterocycles. The normalized spacial score (nSPS) is 12.0. The Kier molecular flexibility index (Phi) is 11.2. The van der Waals surface area contributed by atoms with E-state index >= 15 is 0 Å². The minimum absolute atomic E-state index is 0.0794. The van der Waals surface area contributed by atoms with Crippen LogP contribution in [0.5, 0.6) is 0 Å². The molecule has 50 heavy (non-hydrogen) atoms. The predicted octanol–water partition coefficient (Wildman–Crippen LogP) is 6.12. The highest BCUT2D eigenvalue weighted by molar-refractivity contribution is 8.00. The molecule has 0 aliphatic carbocycles. The maximum absolute atomic E-state index is 13.5. The fourth-order valence-electron chi connectivity index (χ4n) is 4.59. The molecule has 0 fully saturated rings. The van der Waals surface area contributed by atoms with Crippen LogP contribution in [0.15, 0.2) is 149 Å². The maximum atomic E-state index is 13.5. The van der Waals surface area contributed by atoms with Crippen LogP contribution in [0.3, 0.4) is 0 Å². The highest BCUT2D eigenvalue weighted by Crippen LogP contribution is 2.37. The van der Waals surface area contributed by atoms with Crippen LogP contribution in [0.1, 0.15) is 26.7 Å². The van der Waals surface area contributed by atoms with E-state index in [1.54, 1.807) is 54.6 Å². The van der Waals surface area contributed by atoms with Gasteiger partial charge in [-0.05, 0) is 90.0 Å². The monoisotopic (exact) mass is 707 g/mol. The van der Waals surface area contributed by atoms with Crippen molar-refractivity contribution in [2.45, 2.75) is 15.0 Å². The van der Waals surface area contributed by atoms with Crippen molar-refractivity contribution in [2.24, 2.45) is 5.14 Å². The zero-order valence-corrected chi connectivity index (χ0v) is 27.7. The Morgan fingerprint density at radius 3 is 1.88 bits per heavy atom. The van der Waals surface area contributed by atoms with Crippen LogP contribution in [0, 0.1) is 10.1 Å². The Balaban J connectivity index is 1.33. The van der Waals surface area contributed by atoms with Crippen LogP contribution >= 0.6 is 11.8 Å². The SMILES string of the molecule is NS(=O)(=O)c1ccc(NC(=O)C(Sc2ccc(NC(=O)/C(=C/c3ccc([N+](=O)[O-])cc3)NC(=O)c3ccccc3)cc2)c2ccccc2)cc1. The van der Waals surface area contributed by atoms with Gasteiger partial charge in [0.25, 0.3) is 17.5 Å². The summed E-state index contributed by atoms with van der Waals surface area (Å²) in [4.78, 5) is 51.0. The van der Waals surface area contributed by atoms with Gasteiger partial charge >= 0.3 is 0 Å². The Morgan fingerprint density at radius 1 is 0.740 bits per heavy atom. The number of anilines is 2. The van der Waals surface area contributed by atoms with Gasteiger partial charge in [-0.1, -0.05) is 48.5 Å². The molecule has 0 radical (unpaired) electrons. The molecule has 0 aliphatic heterocycles. The van der Waals surface area contributed by atoms with Crippen LogP contribution < -0.4 is 21.1 Å². The second-order valence-corrected chi connectivity index (χ2v) is 13.4. The number of sulfonamides is 1. The summed E-state index contributed by atoms with van der Waals surface area (Å²) in [7, 11) is -3.88. The Bertz CT molecular complexity index is 2140. The van der Waals surface area contributed by atoms with Crippen molar-refractivity contribution >= 4 is 62.6 Å². The summed E-state index contributed by atoms with van der Waals surface area (Å²) in [6.45, 7) is 0. The van der Waals surface area contributed by atoms with Crippen LogP contribution in [0.4, 0.5) is 17.1 Å². The first-order valence-electron chi connectivity index (χ1n) is 14.9. The number of thioether (sulfide) groups is 1. The number of amides is 3. The van der Waals surface area contributed by atoms with Crippen molar-refractivity contribution in [1.29, 1.82) is 0 Å². The van der Waals surface area contributed by atoms with Gasteiger partial charge in [-0.2, -0.15) is 0 Å². The van der Waals surface area contributed by atoms with Crippen molar-refractivity contribution in [2.75, 3.05) is 10.6 Å². The number of hydrogen-bond donors (Lipinski definition) is 4. The van der Waals surface area contributed by atoms with Gasteiger partial charge in [-0.3, -0.25) is 24.5 Å². The van der Waals surface area contributed by atoms with E-state index in [-0.39, 0.29) is 22.2 Å². The topological polar surface area (TPSA) is 191 Å². The van der Waals surface area contributed by atoms with Crippen molar-refractivity contribution in [1.82, 2.24) is 5.32 Å².